The maximum absolute atomic E-state index is 12.2. The van der Waals surface area contributed by atoms with Crippen molar-refractivity contribution < 1.29 is 13.9 Å². The first-order valence-corrected chi connectivity index (χ1v) is 8.06. The van der Waals surface area contributed by atoms with Crippen LogP contribution >= 0.6 is 0 Å². The van der Waals surface area contributed by atoms with Crippen molar-refractivity contribution in [2.75, 3.05) is 27.3 Å². The number of nitrogens with zero attached hydrogens (tertiary/aromatic N) is 1. The summed E-state index contributed by atoms with van der Waals surface area (Å²) in [5.74, 6) is 1.27. The van der Waals surface area contributed by atoms with Crippen molar-refractivity contribution in [3.8, 4) is 0 Å². The van der Waals surface area contributed by atoms with Gasteiger partial charge in [0.1, 0.15) is 5.76 Å². The maximum atomic E-state index is 12.2. The molecule has 0 saturated carbocycles. The summed E-state index contributed by atoms with van der Waals surface area (Å²) in [5.41, 5.74) is 1.59. The maximum Gasteiger partial charge on any atom is 0.251 e. The van der Waals surface area contributed by atoms with Crippen molar-refractivity contribution in [3.63, 3.8) is 0 Å². The zero-order chi connectivity index (χ0) is 17.9. The first-order chi connectivity index (χ1) is 12.2. The lowest BCUT2D eigenvalue weighted by Gasteiger charge is -2.12. The van der Waals surface area contributed by atoms with Gasteiger partial charge in [-0.3, -0.25) is 9.79 Å². The van der Waals surface area contributed by atoms with Crippen LogP contribution < -0.4 is 16.0 Å². The van der Waals surface area contributed by atoms with Crippen molar-refractivity contribution in [3.05, 3.63) is 59.5 Å². The van der Waals surface area contributed by atoms with E-state index in [2.05, 4.69) is 20.9 Å². The standard InChI is InChI=1S/C18H24N4O3/c1-19-18(20-8-10-24-2)22-12-14-5-3-6-15(11-14)17(23)21-13-16-7-4-9-25-16/h3-7,9,11H,8,10,12-13H2,1-2H3,(H,21,23)(H2,19,20,22). The van der Waals surface area contributed by atoms with Crippen molar-refractivity contribution in [2.24, 2.45) is 4.99 Å². The molecule has 0 atom stereocenters. The number of aliphatic imine (C=N–C) groups is 1. The van der Waals surface area contributed by atoms with Crippen LogP contribution in [0.1, 0.15) is 21.7 Å². The lowest BCUT2D eigenvalue weighted by Crippen LogP contribution is -2.38. The Morgan fingerprint density at radius 2 is 2.04 bits per heavy atom. The Bertz CT molecular complexity index is 683. The van der Waals surface area contributed by atoms with Crippen LogP contribution in [0.25, 0.3) is 0 Å². The molecule has 3 N–H and O–H groups in total. The molecule has 0 saturated heterocycles. The average Bonchev–Trinajstić information content (AvgIpc) is 3.16. The summed E-state index contributed by atoms with van der Waals surface area (Å²) < 4.78 is 10.2. The molecule has 0 spiro atoms. The minimum atomic E-state index is -0.138. The van der Waals surface area contributed by atoms with Gasteiger partial charge in [0, 0.05) is 32.8 Å². The molecule has 0 bridgehead atoms. The monoisotopic (exact) mass is 344 g/mol. The van der Waals surface area contributed by atoms with Gasteiger partial charge in [-0.15, -0.1) is 0 Å². The number of carbonyl (C=O) groups excluding carboxylic acids is 1. The zero-order valence-corrected chi connectivity index (χ0v) is 14.5. The summed E-state index contributed by atoms with van der Waals surface area (Å²) in [4.78, 5) is 16.4. The fourth-order valence-electron chi connectivity index (χ4n) is 2.18. The highest BCUT2D eigenvalue weighted by atomic mass is 16.5. The van der Waals surface area contributed by atoms with E-state index in [-0.39, 0.29) is 5.91 Å². The number of methoxy groups -OCH3 is 1. The highest BCUT2D eigenvalue weighted by molar-refractivity contribution is 5.94. The third-order valence-electron chi connectivity index (χ3n) is 3.47. The number of carbonyl (C=O) groups is 1. The van der Waals surface area contributed by atoms with E-state index < -0.39 is 0 Å². The Balaban J connectivity index is 1.86. The predicted molar refractivity (Wildman–Crippen MR) is 96.4 cm³/mol. The number of hydrogen-bond acceptors (Lipinski definition) is 4. The van der Waals surface area contributed by atoms with Crippen molar-refractivity contribution in [2.45, 2.75) is 13.1 Å². The molecule has 7 nitrogen and oxygen atoms in total. The summed E-state index contributed by atoms with van der Waals surface area (Å²) in [6.07, 6.45) is 1.58. The molecule has 0 aliphatic rings. The topological polar surface area (TPSA) is 87.9 Å². The lowest BCUT2D eigenvalue weighted by atomic mass is 10.1. The third kappa shape index (κ3) is 6.31. The largest absolute Gasteiger partial charge is 0.467 e. The normalized spacial score (nSPS) is 11.2. The molecule has 0 aliphatic heterocycles. The highest BCUT2D eigenvalue weighted by Gasteiger charge is 2.07. The number of guanidine groups is 1. The van der Waals surface area contributed by atoms with Crippen LogP contribution in [0.2, 0.25) is 0 Å². The number of furan rings is 1. The Labute approximate surface area is 147 Å². The van der Waals surface area contributed by atoms with E-state index in [0.29, 0.717) is 37.8 Å². The van der Waals surface area contributed by atoms with E-state index in [4.69, 9.17) is 9.15 Å². The van der Waals surface area contributed by atoms with Gasteiger partial charge in [-0.25, -0.2) is 0 Å². The molecule has 0 unspecified atom stereocenters. The second kappa shape index (κ2) is 10.1. The fourth-order valence-corrected chi connectivity index (χ4v) is 2.18. The van der Waals surface area contributed by atoms with Gasteiger partial charge >= 0.3 is 0 Å². The van der Waals surface area contributed by atoms with E-state index in [0.717, 1.165) is 11.3 Å². The van der Waals surface area contributed by atoms with Gasteiger partial charge in [0.25, 0.3) is 5.91 Å². The van der Waals surface area contributed by atoms with Crippen LogP contribution in [-0.2, 0) is 17.8 Å². The molecule has 1 amide bonds. The van der Waals surface area contributed by atoms with Gasteiger partial charge in [-0.05, 0) is 29.8 Å². The van der Waals surface area contributed by atoms with E-state index in [9.17, 15) is 4.79 Å². The number of amides is 1. The van der Waals surface area contributed by atoms with Crippen LogP contribution in [0.5, 0.6) is 0 Å². The predicted octanol–water partition coefficient (Wildman–Crippen LogP) is 1.52. The zero-order valence-electron chi connectivity index (χ0n) is 14.5. The fraction of sp³-hybridized carbons (Fsp3) is 0.333. The Morgan fingerprint density at radius 3 is 2.76 bits per heavy atom. The molecule has 25 heavy (non-hydrogen) atoms. The molecule has 134 valence electrons. The first-order valence-electron chi connectivity index (χ1n) is 8.06. The molecule has 7 heteroatoms. The van der Waals surface area contributed by atoms with Gasteiger partial charge in [0.05, 0.1) is 19.4 Å². The number of nitrogens with one attached hydrogen (secondary N) is 3. The van der Waals surface area contributed by atoms with E-state index in [1.54, 1.807) is 32.6 Å². The van der Waals surface area contributed by atoms with E-state index in [1.165, 1.54) is 0 Å². The summed E-state index contributed by atoms with van der Waals surface area (Å²) in [6.45, 7) is 2.20. The van der Waals surface area contributed by atoms with Crippen LogP contribution in [0, 0.1) is 0 Å². The first kappa shape index (κ1) is 18.5. The minimum Gasteiger partial charge on any atom is -0.467 e. The molecule has 0 radical (unpaired) electrons. The molecule has 2 rings (SSSR count). The Kier molecular flexibility index (Phi) is 7.52. The molecule has 1 aromatic heterocycles. The smallest absolute Gasteiger partial charge is 0.251 e. The van der Waals surface area contributed by atoms with Crippen LogP contribution in [-0.4, -0.2) is 39.2 Å². The molecule has 1 aromatic carbocycles. The van der Waals surface area contributed by atoms with Gasteiger partial charge < -0.3 is 25.1 Å². The van der Waals surface area contributed by atoms with E-state index >= 15 is 0 Å². The molecule has 2 aromatic rings. The Morgan fingerprint density at radius 1 is 1.16 bits per heavy atom. The summed E-state index contributed by atoms with van der Waals surface area (Å²) in [5, 5.41) is 9.18. The lowest BCUT2D eigenvalue weighted by molar-refractivity contribution is 0.0948. The number of rotatable bonds is 8. The number of ether oxygens (including phenoxy) is 1. The molecule has 1 heterocycles. The summed E-state index contributed by atoms with van der Waals surface area (Å²) >= 11 is 0. The van der Waals surface area contributed by atoms with Crippen molar-refractivity contribution in [1.29, 1.82) is 0 Å². The van der Waals surface area contributed by atoms with Crippen LogP contribution in [0.4, 0.5) is 0 Å². The SMILES string of the molecule is CN=C(NCCOC)NCc1cccc(C(=O)NCc2ccco2)c1. The number of hydrogen-bond donors (Lipinski definition) is 3. The van der Waals surface area contributed by atoms with Crippen LogP contribution in [0.3, 0.4) is 0 Å². The van der Waals surface area contributed by atoms with Gasteiger partial charge in [0.2, 0.25) is 0 Å². The summed E-state index contributed by atoms with van der Waals surface area (Å²) in [7, 11) is 3.36. The van der Waals surface area contributed by atoms with Gasteiger partial charge in [-0.1, -0.05) is 12.1 Å². The average molecular weight is 344 g/mol. The highest BCUT2D eigenvalue weighted by Crippen LogP contribution is 2.06. The van der Waals surface area contributed by atoms with Crippen LogP contribution in [0.15, 0.2) is 52.1 Å². The molecule has 0 aliphatic carbocycles. The van der Waals surface area contributed by atoms with Gasteiger partial charge in [0.15, 0.2) is 5.96 Å². The molecular formula is C18H24N4O3. The van der Waals surface area contributed by atoms with E-state index in [1.807, 2.05) is 24.3 Å². The molecular weight excluding hydrogens is 320 g/mol. The van der Waals surface area contributed by atoms with Gasteiger partial charge in [-0.2, -0.15) is 0 Å². The third-order valence-corrected chi connectivity index (χ3v) is 3.47. The summed E-state index contributed by atoms with van der Waals surface area (Å²) in [6, 6.07) is 11.1. The minimum absolute atomic E-state index is 0.138. The van der Waals surface area contributed by atoms with Crippen molar-refractivity contribution >= 4 is 11.9 Å². The Hall–Kier alpha value is -2.80. The second-order valence-electron chi connectivity index (χ2n) is 5.31. The second-order valence-corrected chi connectivity index (χ2v) is 5.31. The van der Waals surface area contributed by atoms with Crippen molar-refractivity contribution in [1.82, 2.24) is 16.0 Å². The molecule has 0 fully saturated rings. The number of benzene rings is 1. The quantitative estimate of drug-likeness (QED) is 0.384.